The number of sulfonamides is 1. The summed E-state index contributed by atoms with van der Waals surface area (Å²) in [4.78, 5) is 12.3. The molecule has 0 aliphatic heterocycles. The molecule has 7 nitrogen and oxygen atoms in total. The minimum atomic E-state index is -4.81. The Bertz CT molecular complexity index is 1170. The second-order valence-electron chi connectivity index (χ2n) is 6.81. The maximum atomic E-state index is 13.9. The number of fused-ring (bicyclic) bond motifs is 1. The zero-order chi connectivity index (χ0) is 23.4. The topological polar surface area (TPSA) is 94.1 Å². The van der Waals surface area contributed by atoms with Crippen molar-refractivity contribution in [3.8, 4) is 5.88 Å². The second kappa shape index (κ2) is 9.90. The third-order valence-corrected chi connectivity index (χ3v) is 6.35. The minimum Gasteiger partial charge on any atom is -0.457 e. The molecule has 0 radical (unpaired) electrons. The van der Waals surface area contributed by atoms with Gasteiger partial charge in [-0.15, -0.1) is 11.8 Å². The van der Waals surface area contributed by atoms with Crippen LogP contribution in [-0.2, 0) is 10.0 Å². The second-order valence-corrected chi connectivity index (χ2v) is 9.48. The van der Waals surface area contributed by atoms with Crippen molar-refractivity contribution in [3.05, 3.63) is 48.2 Å². The van der Waals surface area contributed by atoms with Crippen LogP contribution in [0.1, 0.15) is 31.4 Å². The lowest BCUT2D eigenvalue weighted by Gasteiger charge is -2.22. The molecule has 0 saturated heterocycles. The first-order valence-electron chi connectivity index (χ1n) is 9.63. The fraction of sp³-hybridized carbons (Fsp3) is 0.350. The first-order valence-corrected chi connectivity index (χ1v) is 12.5. The summed E-state index contributed by atoms with van der Waals surface area (Å²) >= 11 is 1.29. The molecule has 0 fully saturated rings. The molecule has 0 saturated carbocycles. The largest absolute Gasteiger partial charge is 0.457 e. The minimum absolute atomic E-state index is 0.208. The van der Waals surface area contributed by atoms with Gasteiger partial charge >= 0.3 is 6.18 Å². The summed E-state index contributed by atoms with van der Waals surface area (Å²) in [5, 5.41) is 0.546. The van der Waals surface area contributed by atoms with Crippen LogP contribution in [0.5, 0.6) is 5.88 Å². The van der Waals surface area contributed by atoms with Crippen molar-refractivity contribution in [2.24, 2.45) is 0 Å². The Balaban J connectivity index is 2.05. The first kappa shape index (κ1) is 24.1. The normalized spacial score (nSPS) is 13.2. The summed E-state index contributed by atoms with van der Waals surface area (Å²) in [6.07, 6.45) is -3.40. The number of rotatable bonds is 9. The molecule has 0 aliphatic carbocycles. The molecule has 0 spiro atoms. The number of ether oxygens (including phenoxy) is 1. The number of para-hydroxylation sites is 2. The quantitative estimate of drug-likeness (QED) is 0.427. The van der Waals surface area contributed by atoms with E-state index in [1.165, 1.54) is 23.9 Å². The average molecular weight is 487 g/mol. The van der Waals surface area contributed by atoms with Gasteiger partial charge in [-0.25, -0.2) is 23.4 Å². The number of unbranched alkanes of at least 4 members (excludes halogenated alkanes) is 1. The smallest absolute Gasteiger partial charge is 0.429 e. The average Bonchev–Trinajstić information content (AvgIpc) is 2.75. The van der Waals surface area contributed by atoms with Gasteiger partial charge in [0.15, 0.2) is 0 Å². The molecule has 1 N–H and O–H groups in total. The highest BCUT2D eigenvalue weighted by Crippen LogP contribution is 2.38. The lowest BCUT2D eigenvalue weighted by molar-refractivity contribution is -0.198. The van der Waals surface area contributed by atoms with E-state index in [-0.39, 0.29) is 16.8 Å². The molecule has 2 aromatic heterocycles. The Kier molecular flexibility index (Phi) is 7.44. The molecule has 2 heterocycles. The van der Waals surface area contributed by atoms with E-state index in [4.69, 9.17) is 4.74 Å². The Morgan fingerprint density at radius 2 is 1.81 bits per heavy atom. The number of benzene rings is 1. The molecule has 1 unspecified atom stereocenters. The maximum Gasteiger partial charge on any atom is 0.429 e. The van der Waals surface area contributed by atoms with Crippen LogP contribution in [0.4, 0.5) is 19.0 Å². The van der Waals surface area contributed by atoms with E-state index in [9.17, 15) is 21.6 Å². The van der Waals surface area contributed by atoms with Crippen molar-refractivity contribution in [1.29, 1.82) is 0 Å². The number of nitrogens with one attached hydrogen (secondary N) is 1. The van der Waals surface area contributed by atoms with E-state index in [1.807, 2.05) is 6.92 Å². The SMILES string of the molecule is CCCCS(=O)(=O)Nc1nc2ccccc2nc1OC(c1ccc(SC)nc1)C(F)(F)F. The first-order chi connectivity index (χ1) is 15.1. The van der Waals surface area contributed by atoms with Gasteiger partial charge in [0.25, 0.3) is 5.88 Å². The molecule has 32 heavy (non-hydrogen) atoms. The van der Waals surface area contributed by atoms with E-state index < -0.39 is 34.0 Å². The molecule has 1 atom stereocenters. The van der Waals surface area contributed by atoms with Crippen LogP contribution in [0.15, 0.2) is 47.6 Å². The maximum absolute atomic E-state index is 13.9. The summed E-state index contributed by atoms with van der Waals surface area (Å²) in [6.45, 7) is 1.82. The summed E-state index contributed by atoms with van der Waals surface area (Å²) in [5.41, 5.74) is 0.323. The van der Waals surface area contributed by atoms with E-state index in [1.54, 1.807) is 30.5 Å². The van der Waals surface area contributed by atoms with Crippen LogP contribution in [0, 0.1) is 0 Å². The third-order valence-electron chi connectivity index (χ3n) is 4.36. The van der Waals surface area contributed by atoms with Crippen molar-refractivity contribution in [2.75, 3.05) is 16.7 Å². The predicted octanol–water partition coefficient (Wildman–Crippen LogP) is 4.97. The Morgan fingerprint density at radius 1 is 1.12 bits per heavy atom. The number of nitrogens with zero attached hydrogens (tertiary/aromatic N) is 3. The van der Waals surface area contributed by atoms with Gasteiger partial charge in [0.2, 0.25) is 21.9 Å². The summed E-state index contributed by atoms with van der Waals surface area (Å²) in [7, 11) is -3.86. The lowest BCUT2D eigenvalue weighted by Crippen LogP contribution is -2.27. The van der Waals surface area contributed by atoms with Crippen LogP contribution < -0.4 is 9.46 Å². The monoisotopic (exact) mass is 486 g/mol. The molecule has 1 aromatic carbocycles. The number of alkyl halides is 3. The van der Waals surface area contributed by atoms with Crippen LogP contribution in [0.3, 0.4) is 0 Å². The highest BCUT2D eigenvalue weighted by molar-refractivity contribution is 7.98. The van der Waals surface area contributed by atoms with Crippen molar-refractivity contribution in [3.63, 3.8) is 0 Å². The van der Waals surface area contributed by atoms with Crippen LogP contribution >= 0.6 is 11.8 Å². The van der Waals surface area contributed by atoms with Crippen LogP contribution in [0.25, 0.3) is 11.0 Å². The molecule has 12 heteroatoms. The number of hydrogen-bond acceptors (Lipinski definition) is 7. The summed E-state index contributed by atoms with van der Waals surface area (Å²) < 4.78 is 73.9. The van der Waals surface area contributed by atoms with Crippen LogP contribution in [-0.4, -0.2) is 41.6 Å². The summed E-state index contributed by atoms with van der Waals surface area (Å²) in [6, 6.07) is 9.12. The van der Waals surface area contributed by atoms with E-state index in [0.29, 0.717) is 23.4 Å². The Morgan fingerprint density at radius 3 is 2.38 bits per heavy atom. The van der Waals surface area contributed by atoms with Gasteiger partial charge in [-0.3, -0.25) is 4.72 Å². The number of halogens is 3. The van der Waals surface area contributed by atoms with Gasteiger partial charge < -0.3 is 4.74 Å². The molecule has 3 rings (SSSR count). The summed E-state index contributed by atoms with van der Waals surface area (Å²) in [5.74, 6) is -1.18. The molecular weight excluding hydrogens is 465 g/mol. The molecular formula is C20H21F3N4O3S2. The Labute approximate surface area is 187 Å². The molecule has 3 aromatic rings. The fourth-order valence-corrected chi connectivity index (χ4v) is 4.33. The van der Waals surface area contributed by atoms with Crippen molar-refractivity contribution < 1.29 is 26.3 Å². The van der Waals surface area contributed by atoms with Crippen LogP contribution in [0.2, 0.25) is 0 Å². The number of hydrogen-bond donors (Lipinski definition) is 1. The van der Waals surface area contributed by atoms with Crippen molar-refractivity contribution in [2.45, 2.75) is 37.1 Å². The molecule has 0 amide bonds. The third kappa shape index (κ3) is 6.00. The standard InChI is InChI=1S/C20H21F3N4O3S2/c1-3-4-11-32(28,29)27-18-19(26-15-8-6-5-7-14(15)25-18)30-17(20(21,22)23)13-9-10-16(31-2)24-12-13/h5-10,12,17H,3-4,11H2,1-2H3,(H,25,27). The van der Waals surface area contributed by atoms with E-state index >= 15 is 0 Å². The predicted molar refractivity (Wildman–Crippen MR) is 117 cm³/mol. The zero-order valence-electron chi connectivity index (χ0n) is 17.3. The van der Waals surface area contributed by atoms with Gasteiger partial charge in [-0.2, -0.15) is 13.2 Å². The van der Waals surface area contributed by atoms with Crippen molar-refractivity contribution in [1.82, 2.24) is 15.0 Å². The highest BCUT2D eigenvalue weighted by atomic mass is 32.2. The zero-order valence-corrected chi connectivity index (χ0v) is 18.9. The van der Waals surface area contributed by atoms with Gasteiger partial charge in [-0.05, 0) is 30.9 Å². The fourth-order valence-electron chi connectivity index (χ4n) is 2.77. The number of aromatic nitrogens is 3. The number of anilines is 1. The molecule has 0 aliphatic rings. The Hall–Kier alpha value is -2.60. The van der Waals surface area contributed by atoms with Gasteiger partial charge in [-0.1, -0.05) is 31.5 Å². The number of pyridine rings is 1. The van der Waals surface area contributed by atoms with Gasteiger partial charge in [0.05, 0.1) is 21.8 Å². The van der Waals surface area contributed by atoms with E-state index in [2.05, 4.69) is 19.7 Å². The van der Waals surface area contributed by atoms with E-state index in [0.717, 1.165) is 6.20 Å². The number of thioether (sulfide) groups is 1. The lowest BCUT2D eigenvalue weighted by atomic mass is 10.1. The van der Waals surface area contributed by atoms with Gasteiger partial charge in [0, 0.05) is 11.8 Å². The van der Waals surface area contributed by atoms with Crippen molar-refractivity contribution >= 4 is 38.6 Å². The molecule has 172 valence electrons. The highest BCUT2D eigenvalue weighted by Gasteiger charge is 2.44. The van der Waals surface area contributed by atoms with Gasteiger partial charge in [0.1, 0.15) is 0 Å². The molecule has 0 bridgehead atoms.